The summed E-state index contributed by atoms with van der Waals surface area (Å²) < 4.78 is 5.95. The maximum Gasteiger partial charge on any atom is 0.294 e. The van der Waals surface area contributed by atoms with E-state index in [0.717, 1.165) is 11.4 Å². The molecule has 0 saturated heterocycles. The number of anilines is 1. The zero-order valence-corrected chi connectivity index (χ0v) is 14.0. The molecule has 1 N–H and O–H groups in total. The molecular weight excluding hydrogens is 272 g/mol. The Kier molecular flexibility index (Phi) is 4.86. The number of nitrogens with zero attached hydrogens (tertiary/aromatic N) is 1. The molecule has 2 aromatic rings. The van der Waals surface area contributed by atoms with Gasteiger partial charge >= 0.3 is 0 Å². The number of hydrogen-bond acceptors (Lipinski definition) is 2. The van der Waals surface area contributed by atoms with E-state index in [9.17, 15) is 0 Å². The fourth-order valence-electron chi connectivity index (χ4n) is 1.86. The van der Waals surface area contributed by atoms with Gasteiger partial charge in [0.05, 0.1) is 5.69 Å². The van der Waals surface area contributed by atoms with Crippen LogP contribution in [0.5, 0.6) is 0 Å². The van der Waals surface area contributed by atoms with Gasteiger partial charge in [-0.3, -0.25) is 0 Å². The van der Waals surface area contributed by atoms with Gasteiger partial charge in [-0.05, 0) is 58.9 Å². The van der Waals surface area contributed by atoms with E-state index in [1.807, 2.05) is 57.2 Å². The van der Waals surface area contributed by atoms with Gasteiger partial charge in [0.15, 0.2) is 0 Å². The van der Waals surface area contributed by atoms with Crippen LogP contribution in [0.25, 0.3) is 0 Å². The molecule has 2 rings (SSSR count). The lowest BCUT2D eigenvalue weighted by Crippen LogP contribution is -2.28. The zero-order valence-electron chi connectivity index (χ0n) is 14.0. The van der Waals surface area contributed by atoms with Crippen LogP contribution in [0.4, 0.5) is 11.4 Å². The van der Waals surface area contributed by atoms with Crippen molar-refractivity contribution in [3.8, 4) is 0 Å². The Balaban J connectivity index is 2.25. The molecule has 0 radical (unpaired) electrons. The molecule has 0 aromatic heterocycles. The van der Waals surface area contributed by atoms with Crippen LogP contribution in [-0.2, 0) is 4.74 Å². The Morgan fingerprint density at radius 2 is 1.36 bits per heavy atom. The van der Waals surface area contributed by atoms with Crippen LogP contribution in [0.3, 0.4) is 0 Å². The van der Waals surface area contributed by atoms with Gasteiger partial charge in [-0.2, -0.15) is 4.99 Å². The number of amidine groups is 1. The molecule has 0 aliphatic rings. The second kappa shape index (κ2) is 6.65. The Morgan fingerprint density at radius 3 is 1.86 bits per heavy atom. The number of hydrogen-bond donors (Lipinski definition) is 1. The number of benzene rings is 2. The van der Waals surface area contributed by atoms with Crippen molar-refractivity contribution in [1.82, 2.24) is 0 Å². The van der Waals surface area contributed by atoms with Crippen LogP contribution in [0.2, 0.25) is 0 Å². The Bertz CT molecular complexity index is 635. The summed E-state index contributed by atoms with van der Waals surface area (Å²) in [6, 6.07) is 16.7. The molecule has 0 unspecified atom stereocenters. The molecule has 22 heavy (non-hydrogen) atoms. The SMILES string of the molecule is Cc1ccc(N=C(Nc2ccc(C)cc2)OC(C)(C)C)cc1. The maximum absolute atomic E-state index is 5.95. The molecule has 3 nitrogen and oxygen atoms in total. The minimum Gasteiger partial charge on any atom is -0.459 e. The lowest BCUT2D eigenvalue weighted by Gasteiger charge is -2.23. The van der Waals surface area contributed by atoms with E-state index in [-0.39, 0.29) is 5.60 Å². The first kappa shape index (κ1) is 16.1. The smallest absolute Gasteiger partial charge is 0.294 e. The fourth-order valence-corrected chi connectivity index (χ4v) is 1.86. The number of aryl methyl sites for hydroxylation is 2. The lowest BCUT2D eigenvalue weighted by molar-refractivity contribution is 0.116. The Hall–Kier alpha value is -2.29. The van der Waals surface area contributed by atoms with Crippen molar-refractivity contribution in [3.05, 3.63) is 59.7 Å². The van der Waals surface area contributed by atoms with Crippen LogP contribution >= 0.6 is 0 Å². The quantitative estimate of drug-likeness (QED) is 0.609. The predicted octanol–water partition coefficient (Wildman–Crippen LogP) is 5.22. The summed E-state index contributed by atoms with van der Waals surface area (Å²) in [4.78, 5) is 4.59. The molecule has 0 spiro atoms. The van der Waals surface area contributed by atoms with E-state index in [0.29, 0.717) is 6.02 Å². The monoisotopic (exact) mass is 296 g/mol. The largest absolute Gasteiger partial charge is 0.459 e. The summed E-state index contributed by atoms with van der Waals surface area (Å²) in [5.74, 6) is 0. The van der Waals surface area contributed by atoms with E-state index >= 15 is 0 Å². The third-order valence-electron chi connectivity index (χ3n) is 2.97. The van der Waals surface area contributed by atoms with E-state index in [1.54, 1.807) is 0 Å². The van der Waals surface area contributed by atoms with Crippen LogP contribution < -0.4 is 5.32 Å². The average Bonchev–Trinajstić information content (AvgIpc) is 2.42. The van der Waals surface area contributed by atoms with Crippen LogP contribution in [0.15, 0.2) is 53.5 Å². The van der Waals surface area contributed by atoms with Crippen molar-refractivity contribution in [2.75, 3.05) is 5.32 Å². The fraction of sp³-hybridized carbons (Fsp3) is 0.316. The number of nitrogens with one attached hydrogen (secondary N) is 1. The second-order valence-corrected chi connectivity index (χ2v) is 6.46. The van der Waals surface area contributed by atoms with E-state index in [4.69, 9.17) is 4.74 Å². The molecule has 0 saturated carbocycles. The molecule has 3 heteroatoms. The average molecular weight is 296 g/mol. The molecular formula is C19H24N2O. The summed E-state index contributed by atoms with van der Waals surface area (Å²) in [6.07, 6.45) is 0. The molecule has 0 fully saturated rings. The third kappa shape index (κ3) is 5.24. The Labute approximate surface area is 133 Å². The number of aliphatic imine (C=N–C) groups is 1. The van der Waals surface area contributed by atoms with Gasteiger partial charge in [-0.25, -0.2) is 0 Å². The van der Waals surface area contributed by atoms with Gasteiger partial charge in [0.2, 0.25) is 0 Å². The summed E-state index contributed by atoms with van der Waals surface area (Å²) in [5, 5.41) is 3.25. The minimum absolute atomic E-state index is 0.318. The molecule has 0 aliphatic carbocycles. The molecule has 0 aliphatic heterocycles. The first-order valence-corrected chi connectivity index (χ1v) is 7.50. The first-order valence-electron chi connectivity index (χ1n) is 7.50. The first-order chi connectivity index (χ1) is 10.3. The van der Waals surface area contributed by atoms with Crippen molar-refractivity contribution in [2.45, 2.75) is 40.2 Å². The van der Waals surface area contributed by atoms with E-state index in [1.165, 1.54) is 11.1 Å². The topological polar surface area (TPSA) is 33.6 Å². The van der Waals surface area contributed by atoms with E-state index in [2.05, 4.69) is 36.3 Å². The highest BCUT2D eigenvalue weighted by atomic mass is 16.5. The normalized spacial score (nSPS) is 12.1. The van der Waals surface area contributed by atoms with Crippen LogP contribution in [0.1, 0.15) is 31.9 Å². The highest BCUT2D eigenvalue weighted by molar-refractivity contribution is 5.91. The summed E-state index contributed by atoms with van der Waals surface area (Å²) in [5.41, 5.74) is 3.94. The molecule has 0 heterocycles. The highest BCUT2D eigenvalue weighted by Crippen LogP contribution is 2.17. The third-order valence-corrected chi connectivity index (χ3v) is 2.97. The molecule has 116 valence electrons. The maximum atomic E-state index is 5.95. The van der Waals surface area contributed by atoms with Crippen molar-refractivity contribution in [1.29, 1.82) is 0 Å². The van der Waals surface area contributed by atoms with Gasteiger partial charge in [-0.15, -0.1) is 0 Å². The summed E-state index contributed by atoms with van der Waals surface area (Å²) >= 11 is 0. The highest BCUT2D eigenvalue weighted by Gasteiger charge is 2.15. The van der Waals surface area contributed by atoms with Gasteiger partial charge in [0.25, 0.3) is 6.02 Å². The lowest BCUT2D eigenvalue weighted by atomic mass is 10.2. The van der Waals surface area contributed by atoms with Gasteiger partial charge in [0.1, 0.15) is 5.60 Å². The molecule has 0 amide bonds. The van der Waals surface area contributed by atoms with Crippen LogP contribution in [0, 0.1) is 13.8 Å². The number of rotatable bonds is 2. The molecule has 2 aromatic carbocycles. The zero-order chi connectivity index (χ0) is 16.2. The van der Waals surface area contributed by atoms with E-state index < -0.39 is 0 Å². The van der Waals surface area contributed by atoms with Gasteiger partial charge in [0, 0.05) is 5.69 Å². The van der Waals surface area contributed by atoms with Crippen molar-refractivity contribution in [2.24, 2.45) is 4.99 Å². The minimum atomic E-state index is -0.318. The van der Waals surface area contributed by atoms with Crippen molar-refractivity contribution in [3.63, 3.8) is 0 Å². The van der Waals surface area contributed by atoms with Gasteiger partial charge < -0.3 is 10.1 Å². The van der Waals surface area contributed by atoms with Crippen molar-refractivity contribution < 1.29 is 4.74 Å². The Morgan fingerprint density at radius 1 is 0.864 bits per heavy atom. The van der Waals surface area contributed by atoms with Gasteiger partial charge in [-0.1, -0.05) is 35.4 Å². The standard InChI is InChI=1S/C19H24N2O/c1-14-6-10-16(11-7-14)20-18(22-19(3,4)5)21-17-12-8-15(2)9-13-17/h6-13H,1-5H3,(H,20,21). The molecule has 0 atom stereocenters. The summed E-state index contributed by atoms with van der Waals surface area (Å²) in [6.45, 7) is 10.2. The summed E-state index contributed by atoms with van der Waals surface area (Å²) in [7, 11) is 0. The van der Waals surface area contributed by atoms with Crippen LogP contribution in [-0.4, -0.2) is 11.6 Å². The number of ether oxygens (including phenoxy) is 1. The molecule has 0 bridgehead atoms. The second-order valence-electron chi connectivity index (χ2n) is 6.46. The predicted molar refractivity (Wildman–Crippen MR) is 93.9 cm³/mol. The van der Waals surface area contributed by atoms with Crippen molar-refractivity contribution >= 4 is 17.4 Å².